The number of nitrogens with one attached hydrogen (secondary N) is 2. The number of amides is 2. The first-order valence-corrected chi connectivity index (χ1v) is 12.0. The zero-order valence-corrected chi connectivity index (χ0v) is 17.1. The summed E-state index contributed by atoms with van der Waals surface area (Å²) < 4.78 is 8.06. The summed E-state index contributed by atoms with van der Waals surface area (Å²) >= 11 is 2.07. The van der Waals surface area contributed by atoms with Gasteiger partial charge in [-0.2, -0.15) is 16.1 Å². The van der Waals surface area contributed by atoms with Crippen LogP contribution in [0, 0.1) is 0 Å². The molecule has 1 atom stereocenters. The molecule has 0 radical (unpaired) electrons. The third-order valence-corrected chi connectivity index (χ3v) is 7.78. The number of rotatable bonds is 2. The Bertz CT molecular complexity index is 691. The van der Waals surface area contributed by atoms with Crippen molar-refractivity contribution in [1.29, 1.82) is 0 Å². The van der Waals surface area contributed by atoms with Crippen LogP contribution >= 0.6 is 22.3 Å². The molecule has 6 nitrogen and oxygen atoms in total. The minimum Gasteiger partial charge on any atom is -0.325 e. The van der Waals surface area contributed by atoms with Crippen molar-refractivity contribution in [1.82, 2.24) is 4.72 Å². The van der Waals surface area contributed by atoms with Gasteiger partial charge >= 0.3 is 0 Å². The zero-order chi connectivity index (χ0) is 18.8. The second kappa shape index (κ2) is 7.80. The number of benzene rings is 1. The smallest absolute Gasteiger partial charge is 0.261 e. The van der Waals surface area contributed by atoms with Gasteiger partial charge in [0.2, 0.25) is 5.91 Å². The van der Waals surface area contributed by atoms with E-state index in [1.807, 2.05) is 20.1 Å². The molecule has 1 unspecified atom stereocenters. The van der Waals surface area contributed by atoms with Crippen LogP contribution < -0.4 is 10.0 Å². The molecule has 2 fully saturated rings. The summed E-state index contributed by atoms with van der Waals surface area (Å²) in [7, 11) is -1.71. The summed E-state index contributed by atoms with van der Waals surface area (Å²) in [6.07, 6.45) is 4.77. The first-order valence-electron chi connectivity index (χ1n) is 8.75. The van der Waals surface area contributed by atoms with Gasteiger partial charge in [0.15, 0.2) is 0 Å². The molecule has 1 aromatic rings. The number of thioether (sulfide) groups is 1. The lowest BCUT2D eigenvalue weighted by atomic mass is 9.85. The molecule has 2 N–H and O–H groups in total. The van der Waals surface area contributed by atoms with E-state index in [-0.39, 0.29) is 11.8 Å². The third-order valence-electron chi connectivity index (χ3n) is 4.66. The summed E-state index contributed by atoms with van der Waals surface area (Å²) in [5.74, 6) is 3.24. The van der Waals surface area contributed by atoms with Gasteiger partial charge in [0.25, 0.3) is 5.91 Å². The fourth-order valence-corrected chi connectivity index (χ4v) is 5.31. The topological polar surface area (TPSA) is 76.7 Å². The number of carbonyl (C=O) groups is 2. The molecule has 0 bridgehead atoms. The molecule has 3 aliphatic rings. The molecule has 0 aliphatic carbocycles. The average molecular weight is 399 g/mol. The third kappa shape index (κ3) is 4.19. The number of hydrogen-bond donors (Lipinski definition) is 2. The highest BCUT2D eigenvalue weighted by molar-refractivity contribution is 8.28. The fourth-order valence-electron chi connectivity index (χ4n) is 2.91. The SMILES string of the molecule is C1CCSC1.CC1(C)C(=O)Nc2ccc(C(=O)NS3(C)CCOO3)cc21. The minimum absolute atomic E-state index is 0.0554. The van der Waals surface area contributed by atoms with Crippen LogP contribution in [-0.4, -0.2) is 41.9 Å². The molecule has 3 heterocycles. The van der Waals surface area contributed by atoms with E-state index in [1.54, 1.807) is 18.2 Å². The van der Waals surface area contributed by atoms with Crippen molar-refractivity contribution >= 4 is 39.8 Å². The van der Waals surface area contributed by atoms with Crippen LogP contribution in [0.5, 0.6) is 0 Å². The fraction of sp³-hybridized carbons (Fsp3) is 0.556. The molecular weight excluding hydrogens is 372 g/mol. The predicted octanol–water partition coefficient (Wildman–Crippen LogP) is 3.39. The Morgan fingerprint density at radius 1 is 1.31 bits per heavy atom. The largest absolute Gasteiger partial charge is 0.325 e. The van der Waals surface area contributed by atoms with Gasteiger partial charge in [0.05, 0.1) is 12.0 Å². The van der Waals surface area contributed by atoms with Crippen molar-refractivity contribution in [3.8, 4) is 0 Å². The van der Waals surface area contributed by atoms with Gasteiger partial charge in [0.1, 0.15) is 0 Å². The standard InChI is InChI=1S/C14H18N2O4S.C4H8S/c1-14(2)10-8-9(4-5-11(10)15-13(14)18)12(17)16-21(3)7-6-19-20-21;1-2-4-5-3-1/h4-5,8H,6-7H2,1-3H3,(H,15,18)(H,16,17);1-4H2. The van der Waals surface area contributed by atoms with E-state index in [0.717, 1.165) is 11.3 Å². The van der Waals surface area contributed by atoms with E-state index in [0.29, 0.717) is 17.9 Å². The molecule has 26 heavy (non-hydrogen) atoms. The summed E-state index contributed by atoms with van der Waals surface area (Å²) in [6.45, 7) is 4.18. The first-order chi connectivity index (χ1) is 12.3. The van der Waals surface area contributed by atoms with Crippen molar-refractivity contribution < 1.29 is 18.8 Å². The molecule has 0 aromatic heterocycles. The van der Waals surface area contributed by atoms with Gasteiger partial charge in [-0.05, 0) is 72.5 Å². The molecule has 8 heteroatoms. The molecular formula is C18H26N2O4S2. The molecule has 3 aliphatic heterocycles. The van der Waals surface area contributed by atoms with Crippen molar-refractivity contribution in [2.45, 2.75) is 32.1 Å². The van der Waals surface area contributed by atoms with E-state index in [9.17, 15) is 9.59 Å². The van der Waals surface area contributed by atoms with E-state index in [4.69, 9.17) is 9.22 Å². The van der Waals surface area contributed by atoms with E-state index < -0.39 is 15.9 Å². The number of carbonyl (C=O) groups excluding carboxylic acids is 2. The lowest BCUT2D eigenvalue weighted by Crippen LogP contribution is -2.29. The van der Waals surface area contributed by atoms with Crippen LogP contribution in [0.4, 0.5) is 5.69 Å². The Morgan fingerprint density at radius 3 is 2.62 bits per heavy atom. The van der Waals surface area contributed by atoms with Crippen LogP contribution in [0.3, 0.4) is 0 Å². The molecule has 2 amide bonds. The molecule has 0 saturated carbocycles. The van der Waals surface area contributed by atoms with Gasteiger partial charge in [-0.25, -0.2) is 4.89 Å². The molecule has 1 aromatic carbocycles. The summed E-state index contributed by atoms with van der Waals surface area (Å²) in [6, 6.07) is 5.23. The van der Waals surface area contributed by atoms with E-state index in [1.165, 1.54) is 24.3 Å². The minimum atomic E-state index is -1.71. The summed E-state index contributed by atoms with van der Waals surface area (Å²) in [5.41, 5.74) is 1.49. The van der Waals surface area contributed by atoms with Crippen molar-refractivity contribution in [3.05, 3.63) is 29.3 Å². The maximum atomic E-state index is 12.4. The molecule has 2 saturated heterocycles. The van der Waals surface area contributed by atoms with Gasteiger partial charge in [0, 0.05) is 23.3 Å². The summed E-state index contributed by atoms with van der Waals surface area (Å²) in [5, 5.41) is 2.82. The van der Waals surface area contributed by atoms with Gasteiger partial charge < -0.3 is 5.32 Å². The summed E-state index contributed by atoms with van der Waals surface area (Å²) in [4.78, 5) is 29.2. The molecule has 4 rings (SSSR count). The van der Waals surface area contributed by atoms with Crippen LogP contribution in [0.15, 0.2) is 18.2 Å². The lowest BCUT2D eigenvalue weighted by molar-refractivity contribution is -0.173. The van der Waals surface area contributed by atoms with Gasteiger partial charge in [-0.3, -0.25) is 14.3 Å². The average Bonchev–Trinajstić information content (AvgIpc) is 3.33. The monoisotopic (exact) mass is 398 g/mol. The highest BCUT2D eigenvalue weighted by Gasteiger charge is 2.39. The van der Waals surface area contributed by atoms with Crippen LogP contribution in [-0.2, 0) is 19.4 Å². The predicted molar refractivity (Wildman–Crippen MR) is 108 cm³/mol. The Morgan fingerprint density at radius 2 is 2.04 bits per heavy atom. The first kappa shape index (κ1) is 19.5. The Hall–Kier alpha value is -1.22. The van der Waals surface area contributed by atoms with E-state index in [2.05, 4.69) is 21.8 Å². The van der Waals surface area contributed by atoms with Crippen LogP contribution in [0.25, 0.3) is 0 Å². The molecule has 144 valence electrons. The van der Waals surface area contributed by atoms with Crippen molar-refractivity contribution in [3.63, 3.8) is 0 Å². The number of fused-ring (bicyclic) bond motifs is 1. The Labute approximate surface area is 160 Å². The highest BCUT2D eigenvalue weighted by Crippen LogP contribution is 2.45. The second-order valence-corrected chi connectivity index (χ2v) is 11.2. The van der Waals surface area contributed by atoms with Gasteiger partial charge in [-0.15, -0.1) is 0 Å². The second-order valence-electron chi connectivity index (χ2n) is 7.19. The normalized spacial score (nSPS) is 28.3. The van der Waals surface area contributed by atoms with Crippen LogP contribution in [0.1, 0.15) is 42.6 Å². The number of anilines is 1. The highest BCUT2D eigenvalue weighted by atomic mass is 32.3. The van der Waals surface area contributed by atoms with Crippen molar-refractivity contribution in [2.75, 3.05) is 35.4 Å². The molecule has 0 spiro atoms. The van der Waals surface area contributed by atoms with Crippen molar-refractivity contribution in [2.24, 2.45) is 0 Å². The van der Waals surface area contributed by atoms with Crippen LogP contribution in [0.2, 0.25) is 0 Å². The maximum Gasteiger partial charge on any atom is 0.261 e. The van der Waals surface area contributed by atoms with Gasteiger partial charge in [-0.1, -0.05) is 0 Å². The maximum absolute atomic E-state index is 12.4. The number of hydrogen-bond acceptors (Lipinski definition) is 5. The Kier molecular flexibility index (Phi) is 5.86. The lowest BCUT2D eigenvalue weighted by Gasteiger charge is -2.27. The Balaban J connectivity index is 0.000000339. The zero-order valence-electron chi connectivity index (χ0n) is 15.4. The quantitative estimate of drug-likeness (QED) is 0.747. The van der Waals surface area contributed by atoms with E-state index >= 15 is 0 Å².